The van der Waals surface area contributed by atoms with Gasteiger partial charge in [0.05, 0.1) is 0 Å². The highest BCUT2D eigenvalue weighted by atomic mass is 16.4. The Labute approximate surface area is 106 Å². The minimum atomic E-state index is -0.825. The maximum Gasteiger partial charge on any atom is 0.314 e. The lowest BCUT2D eigenvalue weighted by Crippen LogP contribution is -2.36. The van der Waals surface area contributed by atoms with Crippen molar-refractivity contribution in [3.05, 3.63) is 0 Å². The summed E-state index contributed by atoms with van der Waals surface area (Å²) in [6, 6.07) is -0.274. The van der Waals surface area contributed by atoms with Crippen molar-refractivity contribution in [1.82, 2.24) is 10.6 Å². The van der Waals surface area contributed by atoms with Gasteiger partial charge in [-0.2, -0.15) is 0 Å². The molecule has 18 heavy (non-hydrogen) atoms. The molecule has 0 bridgehead atoms. The van der Waals surface area contributed by atoms with Crippen molar-refractivity contribution >= 4 is 17.9 Å². The Morgan fingerprint density at radius 3 is 1.83 bits per heavy atom. The number of urea groups is 1. The van der Waals surface area contributed by atoms with Crippen molar-refractivity contribution < 1.29 is 19.5 Å². The highest BCUT2D eigenvalue weighted by molar-refractivity contribution is 5.74. The predicted octanol–water partition coefficient (Wildman–Crippen LogP) is 0.196. The van der Waals surface area contributed by atoms with Crippen LogP contribution in [0.4, 0.5) is 4.79 Å². The van der Waals surface area contributed by atoms with Gasteiger partial charge in [0.2, 0.25) is 5.91 Å². The molecular weight excluding hydrogens is 238 g/mol. The number of carboxylic acid groups (broad SMARTS) is 1. The number of aliphatic carboxylic acids is 1. The van der Waals surface area contributed by atoms with Gasteiger partial charge in [0, 0.05) is 25.9 Å². The molecule has 0 heterocycles. The Morgan fingerprint density at radius 1 is 0.889 bits per heavy atom. The maximum atomic E-state index is 11.2. The minimum Gasteiger partial charge on any atom is -0.481 e. The van der Waals surface area contributed by atoms with Gasteiger partial charge in [-0.25, -0.2) is 4.79 Å². The SMILES string of the molecule is NC(=O)CCCCNC(=O)NCCCCC(=O)O. The third-order valence-electron chi connectivity index (χ3n) is 2.24. The summed E-state index contributed by atoms with van der Waals surface area (Å²) in [6.45, 7) is 0.953. The van der Waals surface area contributed by atoms with Crippen LogP contribution in [0.5, 0.6) is 0 Å². The molecule has 3 amide bonds. The molecule has 7 heteroatoms. The molecule has 0 aromatic carbocycles. The molecule has 104 valence electrons. The number of nitrogens with two attached hydrogens (primary N) is 1. The molecule has 0 aliphatic carbocycles. The van der Waals surface area contributed by atoms with Crippen LogP contribution >= 0.6 is 0 Å². The second-order valence-corrected chi connectivity index (χ2v) is 3.96. The highest BCUT2D eigenvalue weighted by Crippen LogP contribution is 1.94. The number of nitrogens with one attached hydrogen (secondary N) is 2. The van der Waals surface area contributed by atoms with Crippen LogP contribution in [0.1, 0.15) is 38.5 Å². The van der Waals surface area contributed by atoms with Gasteiger partial charge < -0.3 is 21.5 Å². The van der Waals surface area contributed by atoms with Crippen molar-refractivity contribution in [2.45, 2.75) is 38.5 Å². The molecule has 0 fully saturated rings. The van der Waals surface area contributed by atoms with E-state index < -0.39 is 5.97 Å². The number of primary amides is 1. The Kier molecular flexibility index (Phi) is 9.34. The van der Waals surface area contributed by atoms with Crippen molar-refractivity contribution in [2.24, 2.45) is 5.73 Å². The average Bonchev–Trinajstić information content (AvgIpc) is 2.27. The Bertz CT molecular complexity index is 255. The number of unbranched alkanes of at least 4 members (excludes halogenated alkanes) is 2. The van der Waals surface area contributed by atoms with Crippen LogP contribution in [0.3, 0.4) is 0 Å². The summed E-state index contributed by atoms with van der Waals surface area (Å²) in [6.07, 6.45) is 3.01. The molecule has 7 nitrogen and oxygen atoms in total. The molecule has 0 rings (SSSR count). The van der Waals surface area contributed by atoms with E-state index in [1.54, 1.807) is 0 Å². The Balaban J connectivity index is 3.27. The van der Waals surface area contributed by atoms with Crippen LogP contribution in [-0.2, 0) is 9.59 Å². The van der Waals surface area contributed by atoms with E-state index >= 15 is 0 Å². The summed E-state index contributed by atoms with van der Waals surface area (Å²) in [4.78, 5) is 31.8. The van der Waals surface area contributed by atoms with Crippen LogP contribution in [0.2, 0.25) is 0 Å². The van der Waals surface area contributed by atoms with Gasteiger partial charge in [-0.3, -0.25) is 9.59 Å². The summed E-state index contributed by atoms with van der Waals surface area (Å²) in [5.74, 6) is -1.16. The Hall–Kier alpha value is -1.79. The lowest BCUT2D eigenvalue weighted by Gasteiger charge is -2.06. The van der Waals surface area contributed by atoms with E-state index in [0.717, 1.165) is 0 Å². The van der Waals surface area contributed by atoms with Gasteiger partial charge in [0.15, 0.2) is 0 Å². The first-order valence-corrected chi connectivity index (χ1v) is 6.04. The van der Waals surface area contributed by atoms with Gasteiger partial charge >= 0.3 is 12.0 Å². The Morgan fingerprint density at radius 2 is 1.39 bits per heavy atom. The number of carbonyl (C=O) groups excluding carboxylic acids is 2. The number of amides is 3. The van der Waals surface area contributed by atoms with Crippen LogP contribution < -0.4 is 16.4 Å². The van der Waals surface area contributed by atoms with Gasteiger partial charge in [-0.05, 0) is 25.7 Å². The fourth-order valence-corrected chi connectivity index (χ4v) is 1.29. The summed E-state index contributed by atoms with van der Waals surface area (Å²) >= 11 is 0. The normalized spacial score (nSPS) is 9.78. The smallest absolute Gasteiger partial charge is 0.314 e. The van der Waals surface area contributed by atoms with Gasteiger partial charge in [-0.15, -0.1) is 0 Å². The summed E-state index contributed by atoms with van der Waals surface area (Å²) in [5, 5.41) is 13.7. The first-order valence-electron chi connectivity index (χ1n) is 6.04. The number of hydrogen-bond acceptors (Lipinski definition) is 3. The molecule has 0 atom stereocenters. The zero-order valence-electron chi connectivity index (χ0n) is 10.4. The van der Waals surface area contributed by atoms with Crippen LogP contribution in [-0.4, -0.2) is 36.1 Å². The second-order valence-electron chi connectivity index (χ2n) is 3.96. The van der Waals surface area contributed by atoms with Crippen LogP contribution in [0, 0.1) is 0 Å². The van der Waals surface area contributed by atoms with Crippen LogP contribution in [0.25, 0.3) is 0 Å². The van der Waals surface area contributed by atoms with Crippen molar-refractivity contribution in [2.75, 3.05) is 13.1 Å². The summed E-state index contributed by atoms with van der Waals surface area (Å²) < 4.78 is 0. The van der Waals surface area contributed by atoms with E-state index in [0.29, 0.717) is 45.2 Å². The molecule has 0 saturated heterocycles. The zero-order chi connectivity index (χ0) is 13.8. The molecule has 0 aliphatic heterocycles. The summed E-state index contributed by atoms with van der Waals surface area (Å²) in [5.41, 5.74) is 4.97. The minimum absolute atomic E-state index is 0.121. The zero-order valence-corrected chi connectivity index (χ0v) is 10.4. The lowest BCUT2D eigenvalue weighted by atomic mass is 10.2. The molecule has 0 aromatic heterocycles. The molecular formula is C11H21N3O4. The van der Waals surface area contributed by atoms with Gasteiger partial charge in [-0.1, -0.05) is 0 Å². The van der Waals surface area contributed by atoms with E-state index in [1.807, 2.05) is 0 Å². The largest absolute Gasteiger partial charge is 0.481 e. The predicted molar refractivity (Wildman–Crippen MR) is 65.9 cm³/mol. The topological polar surface area (TPSA) is 122 Å². The molecule has 0 spiro atoms. The second kappa shape index (κ2) is 10.4. The van der Waals surface area contributed by atoms with Crippen molar-refractivity contribution in [3.8, 4) is 0 Å². The van der Waals surface area contributed by atoms with Crippen LogP contribution in [0.15, 0.2) is 0 Å². The lowest BCUT2D eigenvalue weighted by molar-refractivity contribution is -0.137. The maximum absolute atomic E-state index is 11.2. The van der Waals surface area contributed by atoms with E-state index in [4.69, 9.17) is 10.8 Å². The van der Waals surface area contributed by atoms with Crippen molar-refractivity contribution in [1.29, 1.82) is 0 Å². The first kappa shape index (κ1) is 16.2. The standard InChI is InChI=1S/C11H21N3O4/c12-9(15)5-1-3-7-13-11(18)14-8-4-2-6-10(16)17/h1-8H2,(H2,12,15)(H,16,17)(H2,13,14,18). The highest BCUT2D eigenvalue weighted by Gasteiger charge is 2.00. The van der Waals surface area contributed by atoms with E-state index in [1.165, 1.54) is 0 Å². The molecule has 0 unspecified atom stereocenters. The molecule has 0 saturated carbocycles. The monoisotopic (exact) mass is 259 g/mol. The fraction of sp³-hybridized carbons (Fsp3) is 0.727. The quantitative estimate of drug-likeness (QED) is 0.418. The molecule has 0 aliphatic rings. The van der Waals surface area contributed by atoms with E-state index in [-0.39, 0.29) is 18.4 Å². The number of carbonyl (C=O) groups is 3. The first-order chi connectivity index (χ1) is 8.52. The number of hydrogen-bond donors (Lipinski definition) is 4. The molecule has 0 radical (unpaired) electrons. The van der Waals surface area contributed by atoms with Gasteiger partial charge in [0.1, 0.15) is 0 Å². The average molecular weight is 259 g/mol. The van der Waals surface area contributed by atoms with Gasteiger partial charge in [0.25, 0.3) is 0 Å². The van der Waals surface area contributed by atoms with Crippen molar-refractivity contribution in [3.63, 3.8) is 0 Å². The third kappa shape index (κ3) is 12.3. The number of carboxylic acids is 1. The number of rotatable bonds is 10. The van der Waals surface area contributed by atoms with E-state index in [9.17, 15) is 14.4 Å². The summed E-state index contributed by atoms with van der Waals surface area (Å²) in [7, 11) is 0. The molecule has 0 aromatic rings. The fourth-order valence-electron chi connectivity index (χ4n) is 1.29. The third-order valence-corrected chi connectivity index (χ3v) is 2.24. The van der Waals surface area contributed by atoms with E-state index in [2.05, 4.69) is 10.6 Å². The molecule has 5 N–H and O–H groups in total.